The van der Waals surface area contributed by atoms with Crippen LogP contribution in [0.15, 0.2) is 18.3 Å². The van der Waals surface area contributed by atoms with E-state index in [4.69, 9.17) is 17.0 Å². The number of carbonyl (C=O) groups excluding carboxylic acids is 1. The molecule has 6 nitrogen and oxygen atoms in total. The fourth-order valence-corrected chi connectivity index (χ4v) is 2.90. The Morgan fingerprint density at radius 2 is 2.29 bits per heavy atom. The Hall–Kier alpha value is -1.93. The van der Waals surface area contributed by atoms with Gasteiger partial charge in [-0.2, -0.15) is 5.10 Å². The Morgan fingerprint density at radius 3 is 2.90 bits per heavy atom. The maximum absolute atomic E-state index is 11.7. The number of esters is 1. The molecule has 0 aliphatic rings. The number of methoxy groups -OCH3 is 1. The smallest absolute Gasteiger partial charge is 0.340 e. The number of anilines is 2. The number of hydrogen-bond acceptors (Lipinski definition) is 5. The number of nitrogens with zero attached hydrogens (tertiary/aromatic N) is 2. The second-order valence-corrected chi connectivity index (χ2v) is 5.89. The number of rotatable bonds is 4. The molecular weight excluding hydrogens is 308 g/mol. The maximum atomic E-state index is 11.7. The van der Waals surface area contributed by atoms with E-state index in [1.165, 1.54) is 18.4 Å². The lowest BCUT2D eigenvalue weighted by atomic mass is 10.3. The summed E-state index contributed by atoms with van der Waals surface area (Å²) >= 11 is 6.68. The fraction of sp³-hybridized carbons (Fsp3) is 0.308. The number of thiophene rings is 1. The summed E-state index contributed by atoms with van der Waals surface area (Å²) in [6, 6.07) is 3.60. The van der Waals surface area contributed by atoms with Crippen LogP contribution in [0.4, 0.5) is 10.8 Å². The molecule has 112 valence electrons. The molecule has 0 spiro atoms. The van der Waals surface area contributed by atoms with Gasteiger partial charge in [-0.3, -0.25) is 4.68 Å². The molecule has 2 aromatic heterocycles. The van der Waals surface area contributed by atoms with E-state index in [1.54, 1.807) is 10.7 Å². The molecule has 0 saturated heterocycles. The zero-order chi connectivity index (χ0) is 15.4. The minimum Gasteiger partial charge on any atom is -0.465 e. The van der Waals surface area contributed by atoms with Gasteiger partial charge in [0.15, 0.2) is 10.9 Å². The Balaban J connectivity index is 2.07. The minimum atomic E-state index is -0.389. The lowest BCUT2D eigenvalue weighted by molar-refractivity contribution is 0.0602. The summed E-state index contributed by atoms with van der Waals surface area (Å²) < 4.78 is 6.55. The van der Waals surface area contributed by atoms with E-state index in [0.717, 1.165) is 11.4 Å². The van der Waals surface area contributed by atoms with Crippen LogP contribution in [0.1, 0.15) is 22.2 Å². The predicted molar refractivity (Wildman–Crippen MR) is 88.1 cm³/mol. The Labute approximate surface area is 132 Å². The largest absolute Gasteiger partial charge is 0.465 e. The van der Waals surface area contributed by atoms with Gasteiger partial charge in [-0.1, -0.05) is 0 Å². The molecule has 0 bridgehead atoms. The van der Waals surface area contributed by atoms with Gasteiger partial charge in [0.1, 0.15) is 5.00 Å². The van der Waals surface area contributed by atoms with E-state index in [2.05, 4.69) is 15.7 Å². The molecule has 0 aliphatic heterocycles. The molecule has 0 radical (unpaired) electrons. The van der Waals surface area contributed by atoms with E-state index in [1.807, 2.05) is 26.1 Å². The van der Waals surface area contributed by atoms with Crippen molar-refractivity contribution in [2.45, 2.75) is 20.4 Å². The van der Waals surface area contributed by atoms with Gasteiger partial charge >= 0.3 is 5.97 Å². The Bertz CT molecular complexity index is 663. The molecule has 0 fully saturated rings. The summed E-state index contributed by atoms with van der Waals surface area (Å²) in [6.07, 6.45) is 1.86. The van der Waals surface area contributed by atoms with Crippen molar-refractivity contribution >= 4 is 45.5 Å². The summed E-state index contributed by atoms with van der Waals surface area (Å²) in [5.41, 5.74) is 0.475. The van der Waals surface area contributed by atoms with E-state index >= 15 is 0 Å². The van der Waals surface area contributed by atoms with Crippen LogP contribution in [0.2, 0.25) is 0 Å². The SMILES string of the molecule is CCn1ccc(NC(=S)Nc2sc(C)cc2C(=O)OC)n1. The van der Waals surface area contributed by atoms with Gasteiger partial charge in [-0.05, 0) is 32.1 Å². The van der Waals surface area contributed by atoms with E-state index in [9.17, 15) is 4.79 Å². The highest BCUT2D eigenvalue weighted by Crippen LogP contribution is 2.28. The molecule has 0 aromatic carbocycles. The number of ether oxygens (including phenoxy) is 1. The molecule has 0 aliphatic carbocycles. The third-order valence-electron chi connectivity index (χ3n) is 2.69. The van der Waals surface area contributed by atoms with Crippen molar-refractivity contribution in [1.82, 2.24) is 9.78 Å². The highest BCUT2D eigenvalue weighted by atomic mass is 32.1. The topological polar surface area (TPSA) is 68.2 Å². The van der Waals surface area contributed by atoms with Gasteiger partial charge < -0.3 is 15.4 Å². The van der Waals surface area contributed by atoms with Crippen LogP contribution in [-0.2, 0) is 11.3 Å². The molecule has 0 atom stereocenters. The zero-order valence-corrected chi connectivity index (χ0v) is 13.6. The van der Waals surface area contributed by atoms with Crippen LogP contribution < -0.4 is 10.6 Å². The molecule has 2 heterocycles. The number of hydrogen-bond donors (Lipinski definition) is 2. The monoisotopic (exact) mass is 324 g/mol. The van der Waals surface area contributed by atoms with E-state index < -0.39 is 0 Å². The van der Waals surface area contributed by atoms with E-state index in [-0.39, 0.29) is 5.97 Å². The van der Waals surface area contributed by atoms with Gasteiger partial charge in [0.05, 0.1) is 12.7 Å². The van der Waals surface area contributed by atoms with Gasteiger partial charge in [0, 0.05) is 23.7 Å². The highest BCUT2D eigenvalue weighted by Gasteiger charge is 2.16. The van der Waals surface area contributed by atoms with Crippen molar-refractivity contribution in [1.29, 1.82) is 0 Å². The maximum Gasteiger partial charge on any atom is 0.340 e. The Morgan fingerprint density at radius 1 is 1.52 bits per heavy atom. The van der Waals surface area contributed by atoms with Crippen molar-refractivity contribution in [3.8, 4) is 0 Å². The first-order valence-corrected chi connectivity index (χ1v) is 7.56. The molecule has 8 heteroatoms. The molecule has 2 aromatic rings. The van der Waals surface area contributed by atoms with E-state index in [0.29, 0.717) is 21.5 Å². The fourth-order valence-electron chi connectivity index (χ4n) is 1.72. The van der Waals surface area contributed by atoms with Crippen LogP contribution in [0, 0.1) is 6.92 Å². The average Bonchev–Trinajstić information content (AvgIpc) is 3.04. The van der Waals surface area contributed by atoms with Crippen molar-refractivity contribution in [2.24, 2.45) is 0 Å². The molecular formula is C13H16N4O2S2. The quantitative estimate of drug-likeness (QED) is 0.666. The second-order valence-electron chi connectivity index (χ2n) is 4.23. The van der Waals surface area contributed by atoms with Gasteiger partial charge in [-0.25, -0.2) is 4.79 Å². The number of aromatic nitrogens is 2. The second kappa shape index (κ2) is 6.68. The third kappa shape index (κ3) is 3.79. The number of aryl methyl sites for hydroxylation is 2. The molecule has 21 heavy (non-hydrogen) atoms. The summed E-state index contributed by atoms with van der Waals surface area (Å²) in [5.74, 6) is 0.266. The lowest BCUT2D eigenvalue weighted by Gasteiger charge is -2.08. The summed E-state index contributed by atoms with van der Waals surface area (Å²) in [6.45, 7) is 4.71. The normalized spacial score (nSPS) is 10.2. The van der Waals surface area contributed by atoms with Crippen molar-refractivity contribution < 1.29 is 9.53 Å². The number of carbonyl (C=O) groups is 1. The Kier molecular flexibility index (Phi) is 4.92. The summed E-state index contributed by atoms with van der Waals surface area (Å²) in [7, 11) is 1.35. The van der Waals surface area contributed by atoms with Crippen LogP contribution in [-0.4, -0.2) is 28.0 Å². The minimum absolute atomic E-state index is 0.378. The molecule has 0 amide bonds. The summed E-state index contributed by atoms with van der Waals surface area (Å²) in [4.78, 5) is 12.7. The predicted octanol–water partition coefficient (Wildman–Crippen LogP) is 2.87. The van der Waals surface area contributed by atoms with Gasteiger partial charge in [0.25, 0.3) is 0 Å². The first-order chi connectivity index (χ1) is 10.0. The molecule has 0 unspecified atom stereocenters. The molecule has 0 saturated carbocycles. The van der Waals surface area contributed by atoms with Gasteiger partial charge in [0.2, 0.25) is 0 Å². The highest BCUT2D eigenvalue weighted by molar-refractivity contribution is 7.80. The third-order valence-corrected chi connectivity index (χ3v) is 3.86. The van der Waals surface area contributed by atoms with Crippen LogP contribution in [0.5, 0.6) is 0 Å². The average molecular weight is 324 g/mol. The standard InChI is InChI=1S/C13H16N4O2S2/c1-4-17-6-5-10(16-17)14-13(20)15-11-9(12(18)19-3)7-8(2)21-11/h5-7H,4H2,1-3H3,(H2,14,15,16,20). The first kappa shape index (κ1) is 15.5. The number of nitrogens with one attached hydrogen (secondary N) is 2. The zero-order valence-electron chi connectivity index (χ0n) is 12.0. The van der Waals surface area contributed by atoms with Crippen molar-refractivity contribution in [3.63, 3.8) is 0 Å². The summed E-state index contributed by atoms with van der Waals surface area (Å²) in [5, 5.41) is 11.3. The van der Waals surface area contributed by atoms with Crippen molar-refractivity contribution in [3.05, 3.63) is 28.8 Å². The molecule has 2 N–H and O–H groups in total. The number of thiocarbonyl (C=S) groups is 1. The van der Waals surface area contributed by atoms with Gasteiger partial charge in [-0.15, -0.1) is 11.3 Å². The van der Waals surface area contributed by atoms with Crippen LogP contribution in [0.3, 0.4) is 0 Å². The van der Waals surface area contributed by atoms with Crippen molar-refractivity contribution in [2.75, 3.05) is 17.7 Å². The van der Waals surface area contributed by atoms with Crippen LogP contribution in [0.25, 0.3) is 0 Å². The lowest BCUT2D eigenvalue weighted by Crippen LogP contribution is -2.20. The molecule has 2 rings (SSSR count). The van der Waals surface area contributed by atoms with Crippen LogP contribution >= 0.6 is 23.6 Å². The first-order valence-electron chi connectivity index (χ1n) is 6.33.